The molecule has 0 amide bonds. The van der Waals surface area contributed by atoms with Crippen LogP contribution in [0, 0.1) is 11.6 Å². The van der Waals surface area contributed by atoms with E-state index in [-0.39, 0.29) is 17.5 Å². The topological polar surface area (TPSA) is 26.3 Å². The van der Waals surface area contributed by atoms with Crippen molar-refractivity contribution in [3.05, 3.63) is 64.7 Å². The first kappa shape index (κ1) is 12.8. The lowest BCUT2D eigenvalue weighted by molar-refractivity contribution is 0.103. The first-order valence-corrected chi connectivity index (χ1v) is 6.34. The third-order valence-corrected chi connectivity index (χ3v) is 3.34. The quantitative estimate of drug-likeness (QED) is 0.783. The molecule has 1 aliphatic heterocycles. The lowest BCUT2D eigenvalue weighted by Crippen LogP contribution is -2.05. The summed E-state index contributed by atoms with van der Waals surface area (Å²) < 4.78 is 31.6. The molecule has 0 spiro atoms. The molecule has 0 saturated heterocycles. The zero-order valence-corrected chi connectivity index (χ0v) is 10.8. The van der Waals surface area contributed by atoms with Crippen molar-refractivity contribution in [1.82, 2.24) is 0 Å². The van der Waals surface area contributed by atoms with Gasteiger partial charge in [-0.15, -0.1) is 0 Å². The Kier molecular flexibility index (Phi) is 3.01. The van der Waals surface area contributed by atoms with Crippen LogP contribution in [0.2, 0.25) is 0 Å². The summed E-state index contributed by atoms with van der Waals surface area (Å²) in [6.07, 6.45) is 0.840. The van der Waals surface area contributed by atoms with Crippen LogP contribution in [0.5, 0.6) is 5.75 Å². The maximum atomic E-state index is 13.2. The molecule has 3 rings (SSSR count). The van der Waals surface area contributed by atoms with Crippen molar-refractivity contribution >= 4 is 5.78 Å². The molecular formula is C16H12F2O2. The first-order chi connectivity index (χ1) is 9.54. The van der Waals surface area contributed by atoms with Crippen LogP contribution in [0.4, 0.5) is 8.78 Å². The van der Waals surface area contributed by atoms with Gasteiger partial charge in [0.2, 0.25) is 0 Å². The van der Waals surface area contributed by atoms with Crippen molar-refractivity contribution in [2.75, 3.05) is 0 Å². The highest BCUT2D eigenvalue weighted by atomic mass is 19.2. The van der Waals surface area contributed by atoms with Gasteiger partial charge in [0.1, 0.15) is 11.9 Å². The smallest absolute Gasteiger partial charge is 0.193 e. The molecule has 1 atom stereocenters. The SMILES string of the molecule is CC1Cc2cc(C(=O)c3ccc(F)c(F)c3)ccc2O1. The van der Waals surface area contributed by atoms with E-state index in [0.717, 1.165) is 29.9 Å². The predicted molar refractivity (Wildman–Crippen MR) is 70.0 cm³/mol. The second-order valence-corrected chi connectivity index (χ2v) is 4.91. The Balaban J connectivity index is 1.95. The highest BCUT2D eigenvalue weighted by Gasteiger charge is 2.21. The number of carbonyl (C=O) groups is 1. The van der Waals surface area contributed by atoms with Crippen LogP contribution in [0.25, 0.3) is 0 Å². The van der Waals surface area contributed by atoms with Gasteiger partial charge in [0.05, 0.1) is 0 Å². The molecular weight excluding hydrogens is 262 g/mol. The van der Waals surface area contributed by atoms with Crippen molar-refractivity contribution < 1.29 is 18.3 Å². The Hall–Kier alpha value is -2.23. The number of ketones is 1. The van der Waals surface area contributed by atoms with E-state index >= 15 is 0 Å². The molecule has 0 aliphatic carbocycles. The molecule has 0 bridgehead atoms. The van der Waals surface area contributed by atoms with Crippen LogP contribution >= 0.6 is 0 Å². The molecule has 2 nitrogen and oxygen atoms in total. The maximum Gasteiger partial charge on any atom is 0.193 e. The van der Waals surface area contributed by atoms with Gasteiger partial charge < -0.3 is 4.74 Å². The standard InChI is InChI=1S/C16H12F2O2/c1-9-6-12-7-10(3-5-15(12)20-9)16(19)11-2-4-13(17)14(18)8-11/h2-5,7-9H,6H2,1H3. The third-order valence-electron chi connectivity index (χ3n) is 3.34. The van der Waals surface area contributed by atoms with E-state index in [4.69, 9.17) is 4.74 Å². The van der Waals surface area contributed by atoms with E-state index in [9.17, 15) is 13.6 Å². The van der Waals surface area contributed by atoms with Crippen molar-refractivity contribution in [1.29, 1.82) is 0 Å². The van der Waals surface area contributed by atoms with E-state index in [2.05, 4.69) is 0 Å². The molecule has 20 heavy (non-hydrogen) atoms. The molecule has 0 N–H and O–H groups in total. The van der Waals surface area contributed by atoms with Crippen molar-refractivity contribution in [3.63, 3.8) is 0 Å². The van der Waals surface area contributed by atoms with Crippen LogP contribution in [0.1, 0.15) is 28.4 Å². The summed E-state index contributed by atoms with van der Waals surface area (Å²) in [7, 11) is 0. The Morgan fingerprint density at radius 1 is 1.10 bits per heavy atom. The second-order valence-electron chi connectivity index (χ2n) is 4.91. The number of hydrogen-bond donors (Lipinski definition) is 0. The largest absolute Gasteiger partial charge is 0.490 e. The van der Waals surface area contributed by atoms with Gasteiger partial charge in [-0.3, -0.25) is 4.79 Å². The summed E-state index contributed by atoms with van der Waals surface area (Å²) in [6, 6.07) is 8.30. The maximum absolute atomic E-state index is 13.2. The molecule has 0 saturated carbocycles. The average molecular weight is 274 g/mol. The Bertz CT molecular complexity index is 695. The Labute approximate surface area is 115 Å². The molecule has 0 fully saturated rings. The fourth-order valence-electron chi connectivity index (χ4n) is 2.37. The number of ether oxygens (including phenoxy) is 1. The normalized spacial score (nSPS) is 16.6. The highest BCUT2D eigenvalue weighted by Crippen LogP contribution is 2.30. The minimum Gasteiger partial charge on any atom is -0.490 e. The van der Waals surface area contributed by atoms with Crippen LogP contribution in [-0.2, 0) is 6.42 Å². The van der Waals surface area contributed by atoms with Gasteiger partial charge in [-0.05, 0) is 48.9 Å². The zero-order valence-electron chi connectivity index (χ0n) is 10.8. The van der Waals surface area contributed by atoms with Gasteiger partial charge in [-0.25, -0.2) is 8.78 Å². The molecule has 102 valence electrons. The van der Waals surface area contributed by atoms with Crippen LogP contribution in [-0.4, -0.2) is 11.9 Å². The first-order valence-electron chi connectivity index (χ1n) is 6.34. The summed E-state index contributed by atoms with van der Waals surface area (Å²) in [4.78, 5) is 12.3. The summed E-state index contributed by atoms with van der Waals surface area (Å²) in [5.74, 6) is -1.53. The lowest BCUT2D eigenvalue weighted by Gasteiger charge is -2.04. The second kappa shape index (κ2) is 4.71. The molecule has 0 aromatic heterocycles. The monoisotopic (exact) mass is 274 g/mol. The van der Waals surface area contributed by atoms with E-state index in [0.29, 0.717) is 5.56 Å². The number of hydrogen-bond acceptors (Lipinski definition) is 2. The van der Waals surface area contributed by atoms with Crippen molar-refractivity contribution in [2.45, 2.75) is 19.4 Å². The van der Waals surface area contributed by atoms with E-state index in [1.165, 1.54) is 6.07 Å². The van der Waals surface area contributed by atoms with Gasteiger partial charge in [0.25, 0.3) is 0 Å². The number of carbonyl (C=O) groups excluding carboxylic acids is 1. The van der Waals surface area contributed by atoms with Crippen LogP contribution < -0.4 is 4.74 Å². The summed E-state index contributed by atoms with van der Waals surface area (Å²) in [5, 5.41) is 0. The minimum atomic E-state index is -1.02. The van der Waals surface area contributed by atoms with E-state index in [1.807, 2.05) is 6.92 Å². The summed E-state index contributed by atoms with van der Waals surface area (Å²) in [5.41, 5.74) is 1.55. The van der Waals surface area contributed by atoms with Crippen molar-refractivity contribution in [2.24, 2.45) is 0 Å². The number of rotatable bonds is 2. The minimum absolute atomic E-state index is 0.0959. The van der Waals surface area contributed by atoms with Gasteiger partial charge in [0.15, 0.2) is 17.4 Å². The van der Waals surface area contributed by atoms with E-state index in [1.54, 1.807) is 18.2 Å². The van der Waals surface area contributed by atoms with Crippen molar-refractivity contribution in [3.8, 4) is 5.75 Å². The van der Waals surface area contributed by atoms with Gasteiger partial charge in [-0.2, -0.15) is 0 Å². The fraction of sp³-hybridized carbons (Fsp3) is 0.188. The number of halogens is 2. The van der Waals surface area contributed by atoms with Gasteiger partial charge in [-0.1, -0.05) is 0 Å². The summed E-state index contributed by atoms with van der Waals surface area (Å²) >= 11 is 0. The molecule has 4 heteroatoms. The molecule has 1 unspecified atom stereocenters. The fourth-order valence-corrected chi connectivity index (χ4v) is 2.37. The highest BCUT2D eigenvalue weighted by molar-refractivity contribution is 6.09. The Morgan fingerprint density at radius 2 is 1.80 bits per heavy atom. The molecule has 0 radical (unpaired) electrons. The average Bonchev–Trinajstić information content (AvgIpc) is 2.80. The number of fused-ring (bicyclic) bond motifs is 1. The van der Waals surface area contributed by atoms with Crippen LogP contribution in [0.3, 0.4) is 0 Å². The lowest BCUT2D eigenvalue weighted by atomic mass is 10.00. The predicted octanol–water partition coefficient (Wildman–Crippen LogP) is 3.52. The van der Waals surface area contributed by atoms with Gasteiger partial charge >= 0.3 is 0 Å². The third kappa shape index (κ3) is 2.18. The Morgan fingerprint density at radius 3 is 2.55 bits per heavy atom. The molecule has 2 aromatic carbocycles. The molecule has 2 aromatic rings. The molecule has 1 heterocycles. The van der Waals surface area contributed by atoms with Crippen LogP contribution in [0.15, 0.2) is 36.4 Å². The molecule has 1 aliphatic rings. The number of benzene rings is 2. The van der Waals surface area contributed by atoms with Gasteiger partial charge in [0, 0.05) is 17.5 Å². The zero-order chi connectivity index (χ0) is 14.3. The summed E-state index contributed by atoms with van der Waals surface area (Å²) in [6.45, 7) is 1.96. The van der Waals surface area contributed by atoms with E-state index < -0.39 is 11.6 Å².